The van der Waals surface area contributed by atoms with Crippen molar-refractivity contribution in [3.63, 3.8) is 0 Å². The van der Waals surface area contributed by atoms with Crippen LogP contribution in [0.4, 0.5) is 10.1 Å². The van der Waals surface area contributed by atoms with Gasteiger partial charge in [-0.2, -0.15) is 0 Å². The normalized spacial score (nSPS) is 14.1. The standard InChI is InChI=1S/C9H8FN3O2/c10-8-2-1-6(5-7(8)9(14)15)13-4-3-11-12-13/h1-5,11-12H,(H,14,15). The topological polar surface area (TPSA) is 64.6 Å². The molecular weight excluding hydrogens is 201 g/mol. The highest BCUT2D eigenvalue weighted by atomic mass is 19.1. The lowest BCUT2D eigenvalue weighted by molar-refractivity contribution is 0.0692. The number of carboxylic acids is 1. The van der Waals surface area contributed by atoms with Crippen LogP contribution < -0.4 is 16.0 Å². The number of hydrogen-bond acceptors (Lipinski definition) is 4. The number of rotatable bonds is 2. The summed E-state index contributed by atoms with van der Waals surface area (Å²) in [5.41, 5.74) is 5.59. The van der Waals surface area contributed by atoms with Gasteiger partial charge in [0.2, 0.25) is 0 Å². The Balaban J connectivity index is 2.37. The van der Waals surface area contributed by atoms with Crippen molar-refractivity contribution >= 4 is 11.7 Å². The second kappa shape index (κ2) is 3.58. The number of carbonyl (C=O) groups is 1. The SMILES string of the molecule is O=C(O)c1cc(N2C=CNN2)ccc1F. The molecule has 0 aromatic heterocycles. The van der Waals surface area contributed by atoms with Gasteiger partial charge >= 0.3 is 5.97 Å². The van der Waals surface area contributed by atoms with E-state index in [0.717, 1.165) is 6.07 Å². The molecular formula is C9H8FN3O2. The molecule has 1 aromatic rings. The summed E-state index contributed by atoms with van der Waals surface area (Å²) in [4.78, 5) is 10.7. The summed E-state index contributed by atoms with van der Waals surface area (Å²) in [6.07, 6.45) is 3.28. The molecule has 5 nitrogen and oxygen atoms in total. The lowest BCUT2D eigenvalue weighted by atomic mass is 10.2. The minimum atomic E-state index is -1.29. The fourth-order valence-electron chi connectivity index (χ4n) is 1.23. The number of benzene rings is 1. The van der Waals surface area contributed by atoms with Gasteiger partial charge in [-0.1, -0.05) is 0 Å². The fourth-order valence-corrected chi connectivity index (χ4v) is 1.23. The maximum atomic E-state index is 13.1. The molecule has 0 saturated heterocycles. The molecule has 0 atom stereocenters. The van der Waals surface area contributed by atoms with Crippen molar-refractivity contribution < 1.29 is 14.3 Å². The molecule has 78 valence electrons. The summed E-state index contributed by atoms with van der Waals surface area (Å²) in [6.45, 7) is 0. The smallest absolute Gasteiger partial charge is 0.338 e. The molecule has 0 amide bonds. The Labute approximate surface area is 84.8 Å². The van der Waals surface area contributed by atoms with Crippen LogP contribution in [0.5, 0.6) is 0 Å². The highest BCUT2D eigenvalue weighted by molar-refractivity contribution is 5.89. The zero-order valence-corrected chi connectivity index (χ0v) is 7.57. The summed E-state index contributed by atoms with van der Waals surface area (Å²) < 4.78 is 13.1. The van der Waals surface area contributed by atoms with Gasteiger partial charge in [-0.3, -0.25) is 5.01 Å². The molecule has 1 aromatic carbocycles. The average molecular weight is 209 g/mol. The van der Waals surface area contributed by atoms with Crippen LogP contribution in [0.25, 0.3) is 0 Å². The van der Waals surface area contributed by atoms with E-state index in [1.54, 1.807) is 12.4 Å². The number of carboxylic acid groups (broad SMARTS) is 1. The lowest BCUT2D eigenvalue weighted by Gasteiger charge is -2.15. The summed E-state index contributed by atoms with van der Waals surface area (Å²) >= 11 is 0. The third-order valence-electron chi connectivity index (χ3n) is 1.95. The monoisotopic (exact) mass is 209 g/mol. The van der Waals surface area contributed by atoms with Crippen molar-refractivity contribution in [2.24, 2.45) is 0 Å². The second-order valence-corrected chi connectivity index (χ2v) is 2.91. The van der Waals surface area contributed by atoms with Crippen LogP contribution in [0.3, 0.4) is 0 Å². The Kier molecular flexibility index (Phi) is 2.26. The number of halogens is 1. The number of aromatic carboxylic acids is 1. The number of nitrogens with zero attached hydrogens (tertiary/aromatic N) is 1. The van der Waals surface area contributed by atoms with Crippen molar-refractivity contribution in [1.29, 1.82) is 0 Å². The first-order valence-corrected chi connectivity index (χ1v) is 4.18. The number of hydrogen-bond donors (Lipinski definition) is 3. The Morgan fingerprint density at radius 3 is 2.87 bits per heavy atom. The summed E-state index contributed by atoms with van der Waals surface area (Å²) in [7, 11) is 0. The maximum absolute atomic E-state index is 13.1. The molecule has 1 aliphatic heterocycles. The largest absolute Gasteiger partial charge is 0.478 e. The van der Waals surface area contributed by atoms with Crippen LogP contribution in [0.15, 0.2) is 30.6 Å². The highest BCUT2D eigenvalue weighted by Gasteiger charge is 2.14. The van der Waals surface area contributed by atoms with E-state index in [1.807, 2.05) is 0 Å². The van der Waals surface area contributed by atoms with Gasteiger partial charge in [0.15, 0.2) is 0 Å². The Bertz CT molecular complexity index is 433. The fraction of sp³-hybridized carbons (Fsp3) is 0. The molecule has 0 radical (unpaired) electrons. The molecule has 0 aliphatic carbocycles. The van der Waals surface area contributed by atoms with Crippen LogP contribution in [0.2, 0.25) is 0 Å². The van der Waals surface area contributed by atoms with Gasteiger partial charge in [0.1, 0.15) is 5.82 Å². The van der Waals surface area contributed by atoms with E-state index in [9.17, 15) is 9.18 Å². The van der Waals surface area contributed by atoms with Crippen LogP contribution >= 0.6 is 0 Å². The second-order valence-electron chi connectivity index (χ2n) is 2.91. The van der Waals surface area contributed by atoms with Crippen molar-refractivity contribution in [3.05, 3.63) is 42.0 Å². The van der Waals surface area contributed by atoms with E-state index >= 15 is 0 Å². The Morgan fingerprint density at radius 1 is 1.47 bits per heavy atom. The van der Waals surface area contributed by atoms with E-state index in [-0.39, 0.29) is 5.56 Å². The molecule has 0 fully saturated rings. The van der Waals surface area contributed by atoms with Gasteiger partial charge in [0.25, 0.3) is 0 Å². The van der Waals surface area contributed by atoms with Gasteiger partial charge < -0.3 is 10.5 Å². The third-order valence-corrected chi connectivity index (χ3v) is 1.95. The molecule has 1 heterocycles. The van der Waals surface area contributed by atoms with E-state index in [0.29, 0.717) is 5.69 Å². The molecule has 2 rings (SSSR count). The Hall–Kier alpha value is -2.08. The summed E-state index contributed by atoms with van der Waals surface area (Å²) in [5.74, 6) is -2.03. The lowest BCUT2D eigenvalue weighted by Crippen LogP contribution is -2.35. The summed E-state index contributed by atoms with van der Waals surface area (Å²) in [6, 6.07) is 3.85. The minimum Gasteiger partial charge on any atom is -0.478 e. The third kappa shape index (κ3) is 1.75. The van der Waals surface area contributed by atoms with Crippen molar-refractivity contribution in [2.45, 2.75) is 0 Å². The van der Waals surface area contributed by atoms with Crippen molar-refractivity contribution in [1.82, 2.24) is 11.0 Å². The molecule has 6 heteroatoms. The van der Waals surface area contributed by atoms with Crippen molar-refractivity contribution in [3.8, 4) is 0 Å². The minimum absolute atomic E-state index is 0.352. The van der Waals surface area contributed by atoms with E-state index < -0.39 is 11.8 Å². The van der Waals surface area contributed by atoms with Crippen LogP contribution in [-0.4, -0.2) is 11.1 Å². The number of nitrogens with one attached hydrogen (secondary N) is 2. The van der Waals surface area contributed by atoms with E-state index in [2.05, 4.69) is 11.0 Å². The van der Waals surface area contributed by atoms with Gasteiger partial charge in [-0.25, -0.2) is 9.18 Å². The predicted molar refractivity (Wildman–Crippen MR) is 51.2 cm³/mol. The highest BCUT2D eigenvalue weighted by Crippen LogP contribution is 2.18. The van der Waals surface area contributed by atoms with E-state index in [4.69, 9.17) is 5.11 Å². The van der Waals surface area contributed by atoms with Crippen LogP contribution in [-0.2, 0) is 0 Å². The molecule has 0 saturated carbocycles. The van der Waals surface area contributed by atoms with Crippen LogP contribution in [0.1, 0.15) is 10.4 Å². The molecule has 0 bridgehead atoms. The zero-order chi connectivity index (χ0) is 10.8. The maximum Gasteiger partial charge on any atom is 0.338 e. The first kappa shape index (κ1) is 9.47. The van der Waals surface area contributed by atoms with E-state index in [1.165, 1.54) is 17.1 Å². The first-order valence-electron chi connectivity index (χ1n) is 4.18. The van der Waals surface area contributed by atoms with Gasteiger partial charge in [-0.15, -0.1) is 5.53 Å². The zero-order valence-electron chi connectivity index (χ0n) is 7.57. The molecule has 1 aliphatic rings. The summed E-state index contributed by atoms with van der Waals surface area (Å²) in [5, 5.41) is 10.3. The van der Waals surface area contributed by atoms with Gasteiger partial charge in [-0.05, 0) is 18.2 Å². The molecule has 0 spiro atoms. The molecule has 0 unspecified atom stereocenters. The average Bonchev–Trinajstić information content (AvgIpc) is 2.71. The van der Waals surface area contributed by atoms with Crippen molar-refractivity contribution in [2.75, 3.05) is 5.01 Å². The van der Waals surface area contributed by atoms with Gasteiger partial charge in [0, 0.05) is 12.4 Å². The first-order chi connectivity index (χ1) is 7.18. The number of anilines is 1. The molecule has 15 heavy (non-hydrogen) atoms. The van der Waals surface area contributed by atoms with Crippen LogP contribution in [0, 0.1) is 5.82 Å². The van der Waals surface area contributed by atoms with Gasteiger partial charge in [0.05, 0.1) is 11.3 Å². The number of hydrazine groups is 2. The molecule has 3 N–H and O–H groups in total. The quantitative estimate of drug-likeness (QED) is 0.673. The predicted octanol–water partition coefficient (Wildman–Crippen LogP) is 0.824. The Morgan fingerprint density at radius 2 is 2.27 bits per heavy atom.